The molecule has 0 aromatic carbocycles. The van der Waals surface area contributed by atoms with Crippen molar-refractivity contribution in [3.8, 4) is 0 Å². The average Bonchev–Trinajstić information content (AvgIpc) is 2.91. The third-order valence-electron chi connectivity index (χ3n) is 5.35. The van der Waals surface area contributed by atoms with Crippen LogP contribution in [0.15, 0.2) is 22.9 Å². The maximum Gasteiger partial charge on any atom is 0.213 e. The maximum absolute atomic E-state index is 6.25. The highest BCUT2D eigenvalue weighted by atomic mass is 16.6. The Morgan fingerprint density at radius 3 is 1.44 bits per heavy atom. The Morgan fingerprint density at radius 1 is 0.778 bits per heavy atom. The van der Waals surface area contributed by atoms with Gasteiger partial charge in [0.15, 0.2) is 0 Å². The van der Waals surface area contributed by atoms with Gasteiger partial charge in [-0.05, 0) is 13.8 Å². The Bertz CT molecular complexity index is 482. The summed E-state index contributed by atoms with van der Waals surface area (Å²) in [7, 11) is 0. The van der Waals surface area contributed by atoms with Crippen LogP contribution in [0, 0.1) is 10.8 Å². The summed E-state index contributed by atoms with van der Waals surface area (Å²) in [6.45, 7) is 13.2. The summed E-state index contributed by atoms with van der Waals surface area (Å²) >= 11 is 0. The SMILES string of the molecule is CC1=C2O[C@@H]3N4C(=C(C)C3(C)C)O[C@H](N24)C1(C)C. The molecule has 4 heteroatoms. The van der Waals surface area contributed by atoms with Crippen molar-refractivity contribution in [1.82, 2.24) is 10.0 Å². The van der Waals surface area contributed by atoms with E-state index in [1.54, 1.807) is 0 Å². The van der Waals surface area contributed by atoms with E-state index >= 15 is 0 Å². The van der Waals surface area contributed by atoms with E-state index in [1.807, 2.05) is 0 Å². The van der Waals surface area contributed by atoms with Gasteiger partial charge in [-0.25, -0.2) is 10.0 Å². The van der Waals surface area contributed by atoms with Gasteiger partial charge in [-0.3, -0.25) is 0 Å². The predicted octanol–water partition coefficient (Wildman–Crippen LogP) is 2.76. The van der Waals surface area contributed by atoms with Crippen LogP contribution in [0.1, 0.15) is 41.5 Å². The lowest BCUT2D eigenvalue weighted by atomic mass is 9.84. The van der Waals surface area contributed by atoms with Crippen LogP contribution in [0.5, 0.6) is 0 Å². The molecule has 4 nitrogen and oxygen atoms in total. The van der Waals surface area contributed by atoms with Crippen molar-refractivity contribution in [2.45, 2.75) is 54.0 Å². The fraction of sp³-hybridized carbons (Fsp3) is 0.714. The molecule has 0 aromatic rings. The first-order valence-electron chi connectivity index (χ1n) is 6.62. The standard InChI is InChI=1S/C14H20N2O2/c1-7-9-15-11(13(7,3)4)18-10-8(2)14(5,6)12(17-9)16(10)15/h11-12H,1-6H3/t11-,12-/m0/s1. The van der Waals surface area contributed by atoms with Gasteiger partial charge < -0.3 is 9.47 Å². The van der Waals surface area contributed by atoms with Crippen molar-refractivity contribution in [2.24, 2.45) is 10.8 Å². The van der Waals surface area contributed by atoms with E-state index in [4.69, 9.17) is 9.47 Å². The summed E-state index contributed by atoms with van der Waals surface area (Å²) < 4.78 is 12.5. The number of hydrazine groups is 1. The summed E-state index contributed by atoms with van der Waals surface area (Å²) in [5.41, 5.74) is 2.58. The molecular formula is C14H20N2O2. The van der Waals surface area contributed by atoms with Crippen LogP contribution in [0.3, 0.4) is 0 Å². The molecule has 2 saturated heterocycles. The van der Waals surface area contributed by atoms with Gasteiger partial charge in [0.05, 0.1) is 0 Å². The molecule has 2 atom stereocenters. The summed E-state index contributed by atoms with van der Waals surface area (Å²) in [6.07, 6.45) is 0.108. The second-order valence-electron chi connectivity index (χ2n) is 6.93. The minimum absolute atomic E-state index is 0.00205. The van der Waals surface area contributed by atoms with E-state index in [2.05, 4.69) is 51.6 Å². The van der Waals surface area contributed by atoms with E-state index in [0.717, 1.165) is 11.8 Å². The largest absolute Gasteiger partial charge is 0.451 e. The van der Waals surface area contributed by atoms with Gasteiger partial charge >= 0.3 is 0 Å². The topological polar surface area (TPSA) is 24.9 Å². The Labute approximate surface area is 108 Å². The van der Waals surface area contributed by atoms with Crippen LogP contribution >= 0.6 is 0 Å². The molecule has 0 spiro atoms. The van der Waals surface area contributed by atoms with Gasteiger partial charge in [-0.15, -0.1) is 0 Å². The summed E-state index contributed by atoms with van der Waals surface area (Å²) in [6, 6.07) is 0. The highest BCUT2D eigenvalue weighted by molar-refractivity contribution is 5.35. The number of ether oxygens (including phenoxy) is 2. The molecule has 4 rings (SSSR count). The zero-order chi connectivity index (χ0) is 13.0. The molecule has 4 aliphatic heterocycles. The molecule has 0 unspecified atom stereocenters. The van der Waals surface area contributed by atoms with Gasteiger partial charge in [0.1, 0.15) is 0 Å². The molecule has 18 heavy (non-hydrogen) atoms. The van der Waals surface area contributed by atoms with Crippen molar-refractivity contribution in [3.05, 3.63) is 22.9 Å². The van der Waals surface area contributed by atoms with E-state index < -0.39 is 0 Å². The van der Waals surface area contributed by atoms with Crippen LogP contribution in [0.4, 0.5) is 0 Å². The van der Waals surface area contributed by atoms with Crippen molar-refractivity contribution in [2.75, 3.05) is 0 Å². The molecular weight excluding hydrogens is 228 g/mol. The second kappa shape index (κ2) is 2.51. The molecule has 4 heterocycles. The van der Waals surface area contributed by atoms with Crippen LogP contribution in [0.2, 0.25) is 0 Å². The summed E-state index contributed by atoms with van der Waals surface area (Å²) in [5.74, 6) is 2.01. The fourth-order valence-electron chi connectivity index (χ4n) is 3.40. The first kappa shape index (κ1) is 10.6. The molecule has 0 amide bonds. The Hall–Kier alpha value is -1.32. The zero-order valence-electron chi connectivity index (χ0n) is 11.9. The van der Waals surface area contributed by atoms with E-state index in [1.165, 1.54) is 11.1 Å². The number of hydrogen-bond acceptors (Lipinski definition) is 4. The van der Waals surface area contributed by atoms with E-state index in [0.29, 0.717) is 0 Å². The molecule has 98 valence electrons. The normalized spacial score (nSPS) is 37.4. The third-order valence-corrected chi connectivity index (χ3v) is 5.35. The monoisotopic (exact) mass is 248 g/mol. The number of nitrogens with zero attached hydrogens (tertiary/aromatic N) is 2. The molecule has 0 aromatic heterocycles. The molecule has 0 radical (unpaired) electrons. The quantitative estimate of drug-likeness (QED) is 0.658. The maximum atomic E-state index is 6.25. The smallest absolute Gasteiger partial charge is 0.213 e. The average molecular weight is 248 g/mol. The minimum Gasteiger partial charge on any atom is -0.451 e. The van der Waals surface area contributed by atoms with Gasteiger partial charge in [0.25, 0.3) is 0 Å². The molecule has 0 saturated carbocycles. The molecule has 0 N–H and O–H groups in total. The van der Waals surface area contributed by atoms with Gasteiger partial charge in [0, 0.05) is 22.0 Å². The summed E-state index contributed by atoms with van der Waals surface area (Å²) in [4.78, 5) is 0. The van der Waals surface area contributed by atoms with Crippen LogP contribution in [0.25, 0.3) is 0 Å². The van der Waals surface area contributed by atoms with Crippen molar-refractivity contribution in [3.63, 3.8) is 0 Å². The first-order valence-corrected chi connectivity index (χ1v) is 6.62. The lowest BCUT2D eigenvalue weighted by Gasteiger charge is -2.31. The molecule has 4 aliphatic rings. The zero-order valence-corrected chi connectivity index (χ0v) is 11.9. The van der Waals surface area contributed by atoms with Gasteiger partial charge in [0.2, 0.25) is 24.2 Å². The fourth-order valence-corrected chi connectivity index (χ4v) is 3.40. The lowest BCUT2D eigenvalue weighted by Crippen LogP contribution is -2.42. The van der Waals surface area contributed by atoms with Crippen molar-refractivity contribution >= 4 is 0 Å². The van der Waals surface area contributed by atoms with Crippen LogP contribution in [-0.4, -0.2) is 22.5 Å². The van der Waals surface area contributed by atoms with Gasteiger partial charge in [-0.1, -0.05) is 27.7 Å². The molecule has 0 aliphatic carbocycles. The van der Waals surface area contributed by atoms with Crippen LogP contribution in [-0.2, 0) is 9.47 Å². The van der Waals surface area contributed by atoms with Crippen molar-refractivity contribution < 1.29 is 9.47 Å². The molecule has 0 bridgehead atoms. The molecule has 2 fully saturated rings. The minimum atomic E-state index is 0.00205. The third kappa shape index (κ3) is 0.798. The van der Waals surface area contributed by atoms with E-state index in [9.17, 15) is 0 Å². The number of rotatable bonds is 0. The summed E-state index contributed by atoms with van der Waals surface area (Å²) in [5, 5.41) is 4.43. The Morgan fingerprint density at radius 2 is 1.11 bits per heavy atom. The highest BCUT2D eigenvalue weighted by Gasteiger charge is 2.67. The highest BCUT2D eigenvalue weighted by Crippen LogP contribution is 2.61. The van der Waals surface area contributed by atoms with E-state index in [-0.39, 0.29) is 23.3 Å². The first-order chi connectivity index (χ1) is 8.28. The second-order valence-corrected chi connectivity index (χ2v) is 6.93. The number of hydrogen-bond donors (Lipinski definition) is 0. The Kier molecular flexibility index (Phi) is 1.48. The predicted molar refractivity (Wildman–Crippen MR) is 66.4 cm³/mol. The Balaban J connectivity index is 1.94. The lowest BCUT2D eigenvalue weighted by molar-refractivity contribution is -0.0366. The van der Waals surface area contributed by atoms with Crippen molar-refractivity contribution in [1.29, 1.82) is 0 Å². The van der Waals surface area contributed by atoms with Crippen LogP contribution < -0.4 is 0 Å². The van der Waals surface area contributed by atoms with Gasteiger partial charge in [-0.2, -0.15) is 0 Å².